The molecule has 1 aliphatic heterocycles. The van der Waals surface area contributed by atoms with Crippen molar-refractivity contribution in [1.82, 2.24) is 15.5 Å². The number of carbonyl (C=O) groups is 1. The number of nitrogens with zero attached hydrogens (tertiary/aromatic N) is 2. The van der Waals surface area contributed by atoms with Crippen LogP contribution in [0.1, 0.15) is 24.8 Å². The third-order valence-electron chi connectivity index (χ3n) is 6.36. The molecule has 2 fully saturated rings. The van der Waals surface area contributed by atoms with Crippen molar-refractivity contribution >= 4 is 34.9 Å². The molecule has 1 saturated heterocycles. The number of hydrogen-bond donors (Lipinski definition) is 2. The summed E-state index contributed by atoms with van der Waals surface area (Å²) in [7, 11) is 0. The molecule has 1 aliphatic carbocycles. The van der Waals surface area contributed by atoms with E-state index in [1.165, 1.54) is 6.42 Å². The number of benzene rings is 2. The molecule has 4 rings (SSSR count). The highest BCUT2D eigenvalue weighted by atomic mass is 35.5. The largest absolute Gasteiger partial charge is 0.368 e. The Hall–Kier alpha value is -1.95. The summed E-state index contributed by atoms with van der Waals surface area (Å²) < 4.78 is 0. The van der Waals surface area contributed by atoms with Gasteiger partial charge in [0.1, 0.15) is 0 Å². The van der Waals surface area contributed by atoms with Crippen LogP contribution in [0.25, 0.3) is 0 Å². The Labute approximate surface area is 194 Å². The van der Waals surface area contributed by atoms with Gasteiger partial charge in [0.2, 0.25) is 0 Å². The van der Waals surface area contributed by atoms with Gasteiger partial charge in [0, 0.05) is 38.8 Å². The van der Waals surface area contributed by atoms with Crippen LogP contribution >= 0.6 is 23.2 Å². The van der Waals surface area contributed by atoms with Crippen molar-refractivity contribution in [2.24, 2.45) is 5.92 Å². The Balaban J connectivity index is 1.10. The molecule has 7 heteroatoms. The molecule has 2 N–H and O–H groups in total. The number of amides is 2. The quantitative estimate of drug-likeness (QED) is 0.624. The van der Waals surface area contributed by atoms with Gasteiger partial charge in [0.25, 0.3) is 0 Å². The van der Waals surface area contributed by atoms with Gasteiger partial charge in [-0.1, -0.05) is 59.6 Å². The lowest BCUT2D eigenvalue weighted by atomic mass is 9.78. The van der Waals surface area contributed by atoms with Crippen LogP contribution < -0.4 is 15.5 Å². The van der Waals surface area contributed by atoms with Crippen LogP contribution in [0.15, 0.2) is 48.5 Å². The van der Waals surface area contributed by atoms with Crippen LogP contribution in [-0.2, 0) is 6.54 Å². The van der Waals surface area contributed by atoms with Gasteiger partial charge < -0.3 is 15.5 Å². The van der Waals surface area contributed by atoms with E-state index in [-0.39, 0.29) is 6.03 Å². The molecular weight excluding hydrogens is 431 g/mol. The second kappa shape index (κ2) is 10.6. The molecule has 2 aromatic carbocycles. The smallest absolute Gasteiger partial charge is 0.315 e. The number of nitrogens with one attached hydrogen (secondary N) is 2. The van der Waals surface area contributed by atoms with Crippen LogP contribution in [0, 0.1) is 5.92 Å². The Morgan fingerprint density at radius 3 is 2.45 bits per heavy atom. The van der Waals surface area contributed by atoms with Crippen LogP contribution in [0.4, 0.5) is 10.5 Å². The maximum Gasteiger partial charge on any atom is 0.315 e. The van der Waals surface area contributed by atoms with Gasteiger partial charge in [0.15, 0.2) is 0 Å². The van der Waals surface area contributed by atoms with E-state index in [0.29, 0.717) is 28.5 Å². The van der Waals surface area contributed by atoms with Gasteiger partial charge in [-0.2, -0.15) is 0 Å². The molecule has 0 unspecified atom stereocenters. The maximum absolute atomic E-state index is 12.1. The average molecular weight is 461 g/mol. The minimum Gasteiger partial charge on any atom is -0.368 e. The normalized spacial score (nSPS) is 21.4. The summed E-state index contributed by atoms with van der Waals surface area (Å²) in [5, 5.41) is 7.30. The lowest BCUT2D eigenvalue weighted by Crippen LogP contribution is -2.50. The van der Waals surface area contributed by atoms with Crippen molar-refractivity contribution < 1.29 is 4.79 Å². The molecule has 1 heterocycles. The van der Waals surface area contributed by atoms with Gasteiger partial charge in [-0.25, -0.2) is 4.79 Å². The maximum atomic E-state index is 12.1. The molecule has 0 spiro atoms. The average Bonchev–Trinajstić information content (AvgIpc) is 2.77. The first-order valence-electron chi connectivity index (χ1n) is 11.1. The highest BCUT2D eigenvalue weighted by Gasteiger charge is 2.30. The fourth-order valence-corrected chi connectivity index (χ4v) is 4.83. The Morgan fingerprint density at radius 2 is 1.71 bits per heavy atom. The van der Waals surface area contributed by atoms with E-state index in [4.69, 9.17) is 23.2 Å². The lowest BCUT2D eigenvalue weighted by Gasteiger charge is -2.39. The number of urea groups is 1. The standard InChI is InChI=1S/C24H30Cl2N4O/c25-21-7-4-8-22(23(21)26)30-13-11-29(12-14-30)10-9-19-15-20(16-19)28-24(31)27-17-18-5-2-1-3-6-18/h1-8,19-20H,9-17H2,(H2,27,28,31)/t19-,20+. The summed E-state index contributed by atoms with van der Waals surface area (Å²) in [6.07, 6.45) is 3.36. The van der Waals surface area contributed by atoms with Gasteiger partial charge in [-0.3, -0.25) is 4.90 Å². The van der Waals surface area contributed by atoms with E-state index in [1.807, 2.05) is 48.5 Å². The number of piperazine rings is 1. The van der Waals surface area contributed by atoms with E-state index in [1.54, 1.807) is 0 Å². The fourth-order valence-electron chi connectivity index (χ4n) is 4.42. The molecular formula is C24H30Cl2N4O. The van der Waals surface area contributed by atoms with E-state index in [2.05, 4.69) is 20.4 Å². The van der Waals surface area contributed by atoms with Crippen molar-refractivity contribution in [3.05, 3.63) is 64.1 Å². The number of halogens is 2. The van der Waals surface area contributed by atoms with Crippen molar-refractivity contribution in [2.45, 2.75) is 31.8 Å². The van der Waals surface area contributed by atoms with E-state index < -0.39 is 0 Å². The molecule has 0 radical (unpaired) electrons. The molecule has 2 aliphatic rings. The summed E-state index contributed by atoms with van der Waals surface area (Å²) in [4.78, 5) is 16.9. The van der Waals surface area contributed by atoms with Crippen LogP contribution in [-0.4, -0.2) is 49.7 Å². The molecule has 5 nitrogen and oxygen atoms in total. The van der Waals surface area contributed by atoms with Gasteiger partial charge in [-0.05, 0) is 49.4 Å². The van der Waals surface area contributed by atoms with Crippen molar-refractivity contribution in [3.8, 4) is 0 Å². The van der Waals surface area contributed by atoms with Gasteiger partial charge in [-0.15, -0.1) is 0 Å². The van der Waals surface area contributed by atoms with Gasteiger partial charge >= 0.3 is 6.03 Å². The summed E-state index contributed by atoms with van der Waals surface area (Å²) in [6, 6.07) is 16.1. The first-order valence-corrected chi connectivity index (χ1v) is 11.8. The summed E-state index contributed by atoms with van der Waals surface area (Å²) >= 11 is 12.5. The highest BCUT2D eigenvalue weighted by Crippen LogP contribution is 2.33. The van der Waals surface area contributed by atoms with E-state index in [9.17, 15) is 4.79 Å². The molecule has 166 valence electrons. The number of hydrogen-bond acceptors (Lipinski definition) is 3. The molecule has 0 aromatic heterocycles. The van der Waals surface area contributed by atoms with Gasteiger partial charge in [0.05, 0.1) is 15.7 Å². The summed E-state index contributed by atoms with van der Waals surface area (Å²) in [6.45, 7) is 5.70. The van der Waals surface area contributed by atoms with Crippen LogP contribution in [0.3, 0.4) is 0 Å². The number of anilines is 1. The zero-order chi connectivity index (χ0) is 21.6. The molecule has 2 aromatic rings. The Kier molecular flexibility index (Phi) is 7.59. The zero-order valence-corrected chi connectivity index (χ0v) is 19.2. The first kappa shape index (κ1) is 22.3. The van der Waals surface area contributed by atoms with Crippen LogP contribution in [0.2, 0.25) is 10.0 Å². The van der Waals surface area contributed by atoms with Crippen LogP contribution in [0.5, 0.6) is 0 Å². The zero-order valence-electron chi connectivity index (χ0n) is 17.7. The first-order chi connectivity index (χ1) is 15.1. The monoisotopic (exact) mass is 460 g/mol. The number of carbonyl (C=O) groups excluding carboxylic acids is 1. The Morgan fingerprint density at radius 1 is 0.968 bits per heavy atom. The third kappa shape index (κ3) is 6.06. The second-order valence-corrected chi connectivity index (χ2v) is 9.32. The molecule has 31 heavy (non-hydrogen) atoms. The number of rotatable bonds is 7. The predicted molar refractivity (Wildman–Crippen MR) is 128 cm³/mol. The van der Waals surface area contributed by atoms with Crippen molar-refractivity contribution in [3.63, 3.8) is 0 Å². The van der Waals surface area contributed by atoms with Crippen molar-refractivity contribution in [1.29, 1.82) is 0 Å². The second-order valence-electron chi connectivity index (χ2n) is 8.54. The molecule has 1 saturated carbocycles. The topological polar surface area (TPSA) is 47.6 Å². The Bertz CT molecular complexity index is 865. The predicted octanol–water partition coefficient (Wildman–Crippen LogP) is 4.78. The molecule has 0 bridgehead atoms. The third-order valence-corrected chi connectivity index (χ3v) is 7.17. The molecule has 0 atom stereocenters. The fraction of sp³-hybridized carbons (Fsp3) is 0.458. The minimum absolute atomic E-state index is 0.0666. The summed E-state index contributed by atoms with van der Waals surface area (Å²) in [5.74, 6) is 0.708. The van der Waals surface area contributed by atoms with E-state index in [0.717, 1.165) is 56.8 Å². The van der Waals surface area contributed by atoms with Crippen molar-refractivity contribution in [2.75, 3.05) is 37.6 Å². The lowest BCUT2D eigenvalue weighted by molar-refractivity contribution is 0.169. The summed E-state index contributed by atoms with van der Waals surface area (Å²) in [5.41, 5.74) is 2.15. The van der Waals surface area contributed by atoms with E-state index >= 15 is 0 Å². The highest BCUT2D eigenvalue weighted by molar-refractivity contribution is 6.43. The SMILES string of the molecule is O=C(NCc1ccccc1)N[C@H]1C[C@@H](CCN2CCN(c3cccc(Cl)c3Cl)CC2)C1. The molecule has 2 amide bonds. The minimum atomic E-state index is -0.0666.